The number of rotatable bonds is 9. The fourth-order valence-electron chi connectivity index (χ4n) is 1.68. The van der Waals surface area contributed by atoms with Crippen LogP contribution in [0.25, 0.3) is 0 Å². The Labute approximate surface area is 116 Å². The Morgan fingerprint density at radius 2 is 1.80 bits per heavy atom. The molecule has 20 heavy (non-hydrogen) atoms. The third-order valence-electron chi connectivity index (χ3n) is 2.71. The molecule has 1 aromatic rings. The number of halogens is 2. The van der Waals surface area contributed by atoms with Crippen LogP contribution >= 0.6 is 0 Å². The molecule has 0 aliphatic rings. The molecule has 4 nitrogen and oxygen atoms in total. The Morgan fingerprint density at radius 1 is 1.15 bits per heavy atom. The van der Waals surface area contributed by atoms with Crippen LogP contribution in [0.15, 0.2) is 24.3 Å². The number of alkyl halides is 2. The lowest BCUT2D eigenvalue weighted by Crippen LogP contribution is -2.24. The van der Waals surface area contributed by atoms with Gasteiger partial charge in [-0.2, -0.15) is 8.78 Å². The molecule has 0 saturated carbocycles. The van der Waals surface area contributed by atoms with Crippen LogP contribution < -0.4 is 10.1 Å². The number of carbonyl (C=O) groups is 1. The van der Waals surface area contributed by atoms with E-state index in [0.29, 0.717) is 12.1 Å². The molecule has 0 saturated heterocycles. The SMILES string of the molecule is O=C(NCCCCCCO)c1ccc(OC(F)F)cc1. The summed E-state index contributed by atoms with van der Waals surface area (Å²) < 4.78 is 28.1. The highest BCUT2D eigenvalue weighted by Crippen LogP contribution is 2.14. The molecule has 6 heteroatoms. The van der Waals surface area contributed by atoms with Crippen molar-refractivity contribution in [2.24, 2.45) is 0 Å². The maximum atomic E-state index is 12.0. The van der Waals surface area contributed by atoms with Crippen LogP contribution in [0.4, 0.5) is 8.78 Å². The lowest BCUT2D eigenvalue weighted by Gasteiger charge is -2.07. The molecule has 0 aliphatic carbocycles. The summed E-state index contributed by atoms with van der Waals surface area (Å²) in [6, 6.07) is 5.56. The molecular formula is C14H19F2NO3. The first kappa shape index (κ1) is 16.4. The monoisotopic (exact) mass is 287 g/mol. The van der Waals surface area contributed by atoms with Crippen LogP contribution in [-0.4, -0.2) is 30.8 Å². The van der Waals surface area contributed by atoms with Gasteiger partial charge in [-0.3, -0.25) is 4.79 Å². The van der Waals surface area contributed by atoms with E-state index in [1.807, 2.05) is 0 Å². The topological polar surface area (TPSA) is 58.6 Å². The smallest absolute Gasteiger partial charge is 0.387 e. The quantitative estimate of drug-likeness (QED) is 0.686. The molecule has 0 spiro atoms. The number of nitrogens with one attached hydrogen (secondary N) is 1. The van der Waals surface area contributed by atoms with Crippen molar-refractivity contribution in [3.63, 3.8) is 0 Å². The normalized spacial score (nSPS) is 10.6. The largest absolute Gasteiger partial charge is 0.435 e. The second kappa shape index (κ2) is 9.25. The summed E-state index contributed by atoms with van der Waals surface area (Å²) in [7, 11) is 0. The van der Waals surface area contributed by atoms with Gasteiger partial charge in [-0.25, -0.2) is 0 Å². The van der Waals surface area contributed by atoms with E-state index in [0.717, 1.165) is 25.7 Å². The number of ether oxygens (including phenoxy) is 1. The van der Waals surface area contributed by atoms with E-state index in [1.54, 1.807) is 0 Å². The van der Waals surface area contributed by atoms with Crippen molar-refractivity contribution < 1.29 is 23.4 Å². The maximum absolute atomic E-state index is 12.0. The van der Waals surface area contributed by atoms with E-state index in [1.165, 1.54) is 24.3 Å². The Hall–Kier alpha value is -1.69. The Balaban J connectivity index is 2.29. The van der Waals surface area contributed by atoms with Crippen molar-refractivity contribution >= 4 is 5.91 Å². The Kier molecular flexibility index (Phi) is 7.57. The number of unbranched alkanes of at least 4 members (excludes halogenated alkanes) is 3. The highest BCUT2D eigenvalue weighted by Gasteiger charge is 2.07. The van der Waals surface area contributed by atoms with Crippen LogP contribution in [0.5, 0.6) is 5.75 Å². The lowest BCUT2D eigenvalue weighted by molar-refractivity contribution is -0.0498. The van der Waals surface area contributed by atoms with Gasteiger partial charge in [0.15, 0.2) is 0 Å². The Morgan fingerprint density at radius 3 is 2.40 bits per heavy atom. The molecule has 1 amide bonds. The molecule has 0 fully saturated rings. The van der Waals surface area contributed by atoms with Crippen molar-refractivity contribution in [2.45, 2.75) is 32.3 Å². The summed E-state index contributed by atoms with van der Waals surface area (Å²) in [4.78, 5) is 11.7. The third kappa shape index (κ3) is 6.47. The van der Waals surface area contributed by atoms with Crippen LogP contribution in [0.3, 0.4) is 0 Å². The van der Waals surface area contributed by atoms with E-state index in [2.05, 4.69) is 10.1 Å². The summed E-state index contributed by atoms with van der Waals surface area (Å²) in [5.74, 6) is -0.212. The van der Waals surface area contributed by atoms with Gasteiger partial charge in [0.1, 0.15) is 5.75 Å². The van der Waals surface area contributed by atoms with Crippen LogP contribution in [-0.2, 0) is 0 Å². The second-order valence-electron chi connectivity index (χ2n) is 4.30. The summed E-state index contributed by atoms with van der Waals surface area (Å²) >= 11 is 0. The highest BCUT2D eigenvalue weighted by atomic mass is 19.3. The minimum atomic E-state index is -2.87. The summed E-state index contributed by atoms with van der Waals surface area (Å²) in [5.41, 5.74) is 0.405. The summed E-state index contributed by atoms with van der Waals surface area (Å²) in [6.45, 7) is -2.12. The molecule has 0 bridgehead atoms. The molecule has 0 heterocycles. The zero-order valence-electron chi connectivity index (χ0n) is 11.1. The van der Waals surface area contributed by atoms with Gasteiger partial charge in [-0.05, 0) is 37.1 Å². The third-order valence-corrected chi connectivity index (χ3v) is 2.71. The average molecular weight is 287 g/mol. The van der Waals surface area contributed by atoms with Crippen molar-refractivity contribution in [3.05, 3.63) is 29.8 Å². The molecule has 1 rings (SSSR count). The summed E-state index contributed by atoms with van der Waals surface area (Å²) in [6.07, 6.45) is 3.51. The van der Waals surface area contributed by atoms with Gasteiger partial charge in [-0.1, -0.05) is 12.8 Å². The first-order valence-corrected chi connectivity index (χ1v) is 6.57. The zero-order valence-corrected chi connectivity index (χ0v) is 11.1. The Bertz CT molecular complexity index is 396. The fraction of sp³-hybridized carbons (Fsp3) is 0.500. The maximum Gasteiger partial charge on any atom is 0.387 e. The minimum absolute atomic E-state index is 0.0283. The van der Waals surface area contributed by atoms with Crippen molar-refractivity contribution in [1.29, 1.82) is 0 Å². The number of hydrogen-bond donors (Lipinski definition) is 2. The van der Waals surface area contributed by atoms with Gasteiger partial charge in [0, 0.05) is 18.7 Å². The second-order valence-corrected chi connectivity index (χ2v) is 4.30. The molecule has 0 radical (unpaired) electrons. The minimum Gasteiger partial charge on any atom is -0.435 e. The van der Waals surface area contributed by atoms with Crippen molar-refractivity contribution in [2.75, 3.05) is 13.2 Å². The number of carbonyl (C=O) groups excluding carboxylic acids is 1. The molecule has 112 valence electrons. The van der Waals surface area contributed by atoms with Crippen molar-refractivity contribution in [1.82, 2.24) is 5.32 Å². The molecule has 0 unspecified atom stereocenters. The molecule has 0 atom stereocenters. The summed E-state index contributed by atoms with van der Waals surface area (Å²) in [5, 5.41) is 11.4. The van der Waals surface area contributed by atoms with Gasteiger partial charge in [0.25, 0.3) is 5.91 Å². The fourth-order valence-corrected chi connectivity index (χ4v) is 1.68. The first-order valence-electron chi connectivity index (χ1n) is 6.57. The molecular weight excluding hydrogens is 268 g/mol. The van der Waals surface area contributed by atoms with Gasteiger partial charge in [0.05, 0.1) is 0 Å². The van der Waals surface area contributed by atoms with E-state index >= 15 is 0 Å². The van der Waals surface area contributed by atoms with Gasteiger partial charge >= 0.3 is 6.61 Å². The lowest BCUT2D eigenvalue weighted by atomic mass is 10.2. The van der Waals surface area contributed by atoms with Gasteiger partial charge in [-0.15, -0.1) is 0 Å². The van der Waals surface area contributed by atoms with Crippen LogP contribution in [0.1, 0.15) is 36.0 Å². The number of aliphatic hydroxyl groups is 1. The van der Waals surface area contributed by atoms with Crippen molar-refractivity contribution in [3.8, 4) is 5.75 Å². The van der Waals surface area contributed by atoms with Crippen LogP contribution in [0.2, 0.25) is 0 Å². The predicted molar refractivity (Wildman–Crippen MR) is 71.0 cm³/mol. The average Bonchev–Trinajstić information content (AvgIpc) is 2.42. The predicted octanol–water partition coefficient (Wildman–Crippen LogP) is 2.57. The number of aliphatic hydroxyl groups excluding tert-OH is 1. The van der Waals surface area contributed by atoms with E-state index in [-0.39, 0.29) is 18.3 Å². The number of benzene rings is 1. The van der Waals surface area contributed by atoms with Crippen LogP contribution in [0, 0.1) is 0 Å². The molecule has 2 N–H and O–H groups in total. The number of amides is 1. The first-order chi connectivity index (χ1) is 9.63. The molecule has 1 aromatic carbocycles. The molecule has 0 aliphatic heterocycles. The van der Waals surface area contributed by atoms with Gasteiger partial charge < -0.3 is 15.2 Å². The van der Waals surface area contributed by atoms with Gasteiger partial charge in [0.2, 0.25) is 0 Å². The van der Waals surface area contributed by atoms with E-state index < -0.39 is 6.61 Å². The van der Waals surface area contributed by atoms with E-state index in [9.17, 15) is 13.6 Å². The zero-order chi connectivity index (χ0) is 14.8. The standard InChI is InChI=1S/C14H19F2NO3/c15-14(16)20-12-7-5-11(6-8-12)13(19)17-9-3-1-2-4-10-18/h5-8,14,18H,1-4,9-10H2,(H,17,19). The highest BCUT2D eigenvalue weighted by molar-refractivity contribution is 5.94. The van der Waals surface area contributed by atoms with E-state index in [4.69, 9.17) is 5.11 Å². The number of hydrogen-bond acceptors (Lipinski definition) is 3. The molecule has 0 aromatic heterocycles.